The zero-order chi connectivity index (χ0) is 22.0. The van der Waals surface area contributed by atoms with E-state index in [9.17, 15) is 9.18 Å². The first-order valence-electron chi connectivity index (χ1n) is 10.3. The number of nitrogens with two attached hydrogens (primary N) is 1. The van der Waals surface area contributed by atoms with Gasteiger partial charge in [-0.3, -0.25) is 9.48 Å². The first-order chi connectivity index (χ1) is 15.0. The van der Waals surface area contributed by atoms with Crippen LogP contribution >= 0.6 is 11.3 Å². The molecule has 0 bridgehead atoms. The van der Waals surface area contributed by atoms with E-state index in [1.807, 2.05) is 11.7 Å². The highest BCUT2D eigenvalue weighted by molar-refractivity contribution is 7.19. The molecule has 1 unspecified atom stereocenters. The normalized spacial score (nSPS) is 19.2. The van der Waals surface area contributed by atoms with Gasteiger partial charge >= 0.3 is 0 Å². The lowest BCUT2D eigenvalue weighted by Crippen LogP contribution is -2.16. The van der Waals surface area contributed by atoms with Crippen LogP contribution in [0.5, 0.6) is 0 Å². The van der Waals surface area contributed by atoms with Crippen molar-refractivity contribution in [1.82, 2.24) is 14.8 Å². The van der Waals surface area contributed by atoms with Crippen LogP contribution in [0.4, 0.5) is 15.1 Å². The van der Waals surface area contributed by atoms with Crippen LogP contribution in [0.2, 0.25) is 0 Å². The lowest BCUT2D eigenvalue weighted by atomic mass is 9.95. The van der Waals surface area contributed by atoms with Crippen molar-refractivity contribution >= 4 is 27.9 Å². The number of amides is 1. The van der Waals surface area contributed by atoms with Gasteiger partial charge < -0.3 is 15.8 Å². The molecule has 0 saturated heterocycles. The van der Waals surface area contributed by atoms with Crippen LogP contribution in [-0.2, 0) is 11.8 Å². The Bertz CT molecular complexity index is 1080. The van der Waals surface area contributed by atoms with Crippen molar-refractivity contribution in [3.63, 3.8) is 0 Å². The van der Waals surface area contributed by atoms with Crippen LogP contribution in [0.25, 0.3) is 10.6 Å². The minimum atomic E-state index is -0.422. The molecule has 1 amide bonds. The Balaban J connectivity index is 1.56. The number of nitrogens with zero attached hydrogens (tertiary/aromatic N) is 3. The first kappa shape index (κ1) is 21.5. The highest BCUT2D eigenvalue weighted by Crippen LogP contribution is 2.37. The third-order valence-corrected chi connectivity index (χ3v) is 6.76. The molecule has 2 atom stereocenters. The Labute approximate surface area is 184 Å². The summed E-state index contributed by atoms with van der Waals surface area (Å²) in [4.78, 5) is 17.3. The van der Waals surface area contributed by atoms with Gasteiger partial charge in [0.2, 0.25) is 0 Å². The molecule has 2 heterocycles. The fraction of sp³-hybridized carbons (Fsp3) is 0.409. The van der Waals surface area contributed by atoms with Crippen molar-refractivity contribution in [3.8, 4) is 10.6 Å². The smallest absolute Gasteiger partial charge is 0.277 e. The van der Waals surface area contributed by atoms with E-state index in [-0.39, 0.29) is 22.7 Å². The monoisotopic (exact) mass is 443 g/mol. The molecule has 0 spiro atoms. The molecule has 7 nitrogen and oxygen atoms in total. The summed E-state index contributed by atoms with van der Waals surface area (Å²) in [7, 11) is 3.64. The number of rotatable bonds is 5. The molecule has 4 rings (SSSR count). The third kappa shape index (κ3) is 4.47. The van der Waals surface area contributed by atoms with Crippen LogP contribution in [0, 0.1) is 5.82 Å². The summed E-state index contributed by atoms with van der Waals surface area (Å²) >= 11 is 1.09. The van der Waals surface area contributed by atoms with Crippen molar-refractivity contribution in [2.24, 2.45) is 7.05 Å². The summed E-state index contributed by atoms with van der Waals surface area (Å²) in [6.07, 6.45) is 7.00. The maximum Gasteiger partial charge on any atom is 0.277 e. The fourth-order valence-corrected chi connectivity index (χ4v) is 5.09. The van der Waals surface area contributed by atoms with Crippen LogP contribution in [0.1, 0.15) is 54.2 Å². The number of halogens is 1. The van der Waals surface area contributed by atoms with E-state index in [0.29, 0.717) is 16.3 Å². The summed E-state index contributed by atoms with van der Waals surface area (Å²) in [6.45, 7) is 0. The van der Waals surface area contributed by atoms with Crippen molar-refractivity contribution in [1.29, 1.82) is 0 Å². The Morgan fingerprint density at radius 2 is 2.10 bits per heavy atom. The fourth-order valence-electron chi connectivity index (χ4n) is 4.23. The predicted octanol–water partition coefficient (Wildman–Crippen LogP) is 4.58. The maximum absolute atomic E-state index is 14.1. The van der Waals surface area contributed by atoms with Gasteiger partial charge in [0.15, 0.2) is 5.69 Å². The molecule has 3 N–H and O–H groups in total. The molecule has 31 heavy (non-hydrogen) atoms. The second-order valence-corrected chi connectivity index (χ2v) is 8.83. The predicted molar refractivity (Wildman–Crippen MR) is 120 cm³/mol. The molecule has 9 heteroatoms. The third-order valence-electron chi connectivity index (χ3n) is 5.84. The largest absolute Gasteiger partial charge is 0.389 e. The molecule has 1 aliphatic carbocycles. The summed E-state index contributed by atoms with van der Waals surface area (Å²) < 4.78 is 21.5. The van der Waals surface area contributed by atoms with Crippen molar-refractivity contribution < 1.29 is 13.9 Å². The average molecular weight is 444 g/mol. The summed E-state index contributed by atoms with van der Waals surface area (Å²) in [5.41, 5.74) is 8.13. The number of hydrogen-bond acceptors (Lipinski definition) is 6. The number of aryl methyl sites for hydroxylation is 1. The number of hydrogen-bond donors (Lipinski definition) is 2. The molecule has 0 radical (unpaired) electrons. The van der Waals surface area contributed by atoms with E-state index in [1.54, 1.807) is 31.5 Å². The number of nitrogens with one attached hydrogen (secondary N) is 1. The van der Waals surface area contributed by atoms with E-state index in [4.69, 9.17) is 10.5 Å². The topological polar surface area (TPSA) is 95.1 Å². The second kappa shape index (κ2) is 9.15. The van der Waals surface area contributed by atoms with Crippen molar-refractivity contribution in [2.45, 2.75) is 44.1 Å². The van der Waals surface area contributed by atoms with E-state index in [2.05, 4.69) is 15.4 Å². The van der Waals surface area contributed by atoms with Gasteiger partial charge in [0.1, 0.15) is 15.8 Å². The quantitative estimate of drug-likeness (QED) is 0.563. The standard InChI is InChI=1S/C22H26FN5O2S/c1-28-19(13-6-5-7-14(30-2)11-10-13)17(12-25-28)26-21(29)18-20(24)31-22(27-18)15-8-3-4-9-16(15)23/h3-4,8-9,12-14H,5-7,10-11,24H2,1-2H3,(H,26,29)/t13?,14-/m1/s1. The summed E-state index contributed by atoms with van der Waals surface area (Å²) in [6, 6.07) is 6.30. The number of thiazole rings is 1. The van der Waals surface area contributed by atoms with Crippen LogP contribution < -0.4 is 11.1 Å². The Morgan fingerprint density at radius 1 is 1.29 bits per heavy atom. The van der Waals surface area contributed by atoms with E-state index < -0.39 is 11.7 Å². The molecule has 1 saturated carbocycles. The van der Waals surface area contributed by atoms with Gasteiger partial charge in [0, 0.05) is 25.6 Å². The molecular formula is C22H26FN5O2S. The number of carbonyl (C=O) groups is 1. The molecule has 3 aromatic rings. The zero-order valence-electron chi connectivity index (χ0n) is 17.6. The van der Waals surface area contributed by atoms with Gasteiger partial charge in [-0.05, 0) is 37.8 Å². The Hall–Kier alpha value is -2.78. The van der Waals surface area contributed by atoms with Crippen LogP contribution in [0.3, 0.4) is 0 Å². The lowest BCUT2D eigenvalue weighted by Gasteiger charge is -2.17. The lowest BCUT2D eigenvalue weighted by molar-refractivity contribution is 0.0896. The van der Waals surface area contributed by atoms with Gasteiger partial charge in [-0.15, -0.1) is 0 Å². The zero-order valence-corrected chi connectivity index (χ0v) is 18.4. The van der Waals surface area contributed by atoms with E-state index >= 15 is 0 Å². The number of aromatic nitrogens is 3. The van der Waals surface area contributed by atoms with Gasteiger partial charge in [-0.1, -0.05) is 29.9 Å². The first-order valence-corrected chi connectivity index (χ1v) is 11.2. The van der Waals surface area contributed by atoms with Gasteiger partial charge in [-0.2, -0.15) is 5.10 Å². The highest BCUT2D eigenvalue weighted by Gasteiger charge is 2.26. The molecule has 1 aliphatic rings. The van der Waals surface area contributed by atoms with E-state index in [1.165, 1.54) is 6.07 Å². The SMILES string of the molecule is CO[C@@H]1CCCC(c2c(NC(=O)c3nc(-c4ccccc4F)sc3N)cnn2C)CC1. The number of carbonyl (C=O) groups excluding carboxylic acids is 1. The van der Waals surface area contributed by atoms with Crippen LogP contribution in [0.15, 0.2) is 30.5 Å². The van der Waals surface area contributed by atoms with Crippen LogP contribution in [-0.4, -0.2) is 33.9 Å². The summed E-state index contributed by atoms with van der Waals surface area (Å²) in [5, 5.41) is 7.92. The number of ether oxygens (including phenoxy) is 1. The highest BCUT2D eigenvalue weighted by atomic mass is 32.1. The minimum Gasteiger partial charge on any atom is -0.389 e. The molecule has 1 fully saturated rings. The molecule has 2 aromatic heterocycles. The molecular weight excluding hydrogens is 417 g/mol. The molecule has 164 valence electrons. The van der Waals surface area contributed by atoms with Crippen molar-refractivity contribution in [3.05, 3.63) is 47.7 Å². The van der Waals surface area contributed by atoms with Gasteiger partial charge in [-0.25, -0.2) is 9.37 Å². The van der Waals surface area contributed by atoms with Gasteiger partial charge in [0.25, 0.3) is 5.91 Å². The number of anilines is 2. The van der Waals surface area contributed by atoms with Gasteiger partial charge in [0.05, 0.1) is 23.7 Å². The molecule has 0 aliphatic heterocycles. The molecule has 1 aromatic carbocycles. The number of nitrogen functional groups attached to an aromatic ring is 1. The summed E-state index contributed by atoms with van der Waals surface area (Å²) in [5.74, 6) is -0.542. The Kier molecular flexibility index (Phi) is 6.33. The maximum atomic E-state index is 14.1. The van der Waals surface area contributed by atoms with E-state index in [0.717, 1.165) is 49.1 Å². The average Bonchev–Trinajstić information content (AvgIpc) is 3.22. The number of benzene rings is 1. The van der Waals surface area contributed by atoms with Crippen molar-refractivity contribution in [2.75, 3.05) is 18.2 Å². The second-order valence-electron chi connectivity index (χ2n) is 7.80. The minimum absolute atomic E-state index is 0.0957. The number of methoxy groups -OCH3 is 1. The Morgan fingerprint density at radius 3 is 2.87 bits per heavy atom.